The van der Waals surface area contributed by atoms with Gasteiger partial charge in [0.2, 0.25) is 0 Å². The molecule has 0 aliphatic carbocycles. The van der Waals surface area contributed by atoms with Crippen molar-refractivity contribution in [3.8, 4) is 0 Å². The number of anilines is 2. The number of fused-ring (bicyclic) bond motifs is 1. The van der Waals surface area contributed by atoms with Gasteiger partial charge < -0.3 is 15.5 Å². The molecule has 2 N–H and O–H groups in total. The summed E-state index contributed by atoms with van der Waals surface area (Å²) < 4.78 is 0. The largest absolute Gasteiger partial charge is 0.382 e. The second-order valence-corrected chi connectivity index (χ2v) is 5.38. The molecular weight excluding hydrogens is 224 g/mol. The van der Waals surface area contributed by atoms with E-state index < -0.39 is 0 Å². The van der Waals surface area contributed by atoms with E-state index in [1.165, 1.54) is 44.5 Å². The van der Waals surface area contributed by atoms with Crippen molar-refractivity contribution in [1.29, 1.82) is 0 Å². The predicted octanol–water partition coefficient (Wildman–Crippen LogP) is 2.16. The smallest absolute Gasteiger partial charge is 0.127 e. The van der Waals surface area contributed by atoms with Crippen LogP contribution in [0.2, 0.25) is 0 Å². The van der Waals surface area contributed by atoms with E-state index in [2.05, 4.69) is 32.7 Å². The summed E-state index contributed by atoms with van der Waals surface area (Å²) >= 11 is 0. The Morgan fingerprint density at radius 3 is 3.17 bits per heavy atom. The van der Waals surface area contributed by atoms with Gasteiger partial charge in [0.25, 0.3) is 0 Å². The van der Waals surface area contributed by atoms with Crippen LogP contribution < -0.4 is 10.6 Å². The second kappa shape index (κ2) is 5.14. The van der Waals surface area contributed by atoms with Gasteiger partial charge in [0.1, 0.15) is 5.82 Å². The van der Waals surface area contributed by atoms with Crippen LogP contribution in [0.1, 0.15) is 25.7 Å². The average Bonchev–Trinajstić information content (AvgIpc) is 2.86. The minimum Gasteiger partial charge on any atom is -0.382 e. The molecule has 2 unspecified atom stereocenters. The molecule has 3 rings (SSSR count). The summed E-state index contributed by atoms with van der Waals surface area (Å²) in [6.45, 7) is 2.57. The summed E-state index contributed by atoms with van der Waals surface area (Å²) in [4.78, 5) is 6.90. The Bertz CT molecular complexity index is 407. The maximum atomic E-state index is 4.24. The number of rotatable bonds is 3. The van der Waals surface area contributed by atoms with E-state index in [-0.39, 0.29) is 0 Å². The molecule has 0 saturated carbocycles. The molecule has 1 aromatic heterocycles. The molecule has 2 atom stereocenters. The van der Waals surface area contributed by atoms with Crippen molar-refractivity contribution in [1.82, 2.24) is 9.88 Å². The van der Waals surface area contributed by atoms with Crippen LogP contribution in [-0.4, -0.2) is 42.1 Å². The first-order valence-electron chi connectivity index (χ1n) is 6.99. The van der Waals surface area contributed by atoms with Crippen molar-refractivity contribution in [3.63, 3.8) is 0 Å². The summed E-state index contributed by atoms with van der Waals surface area (Å²) in [7, 11) is 1.91. The maximum Gasteiger partial charge on any atom is 0.127 e. The molecule has 2 aliphatic rings. The third-order valence-corrected chi connectivity index (χ3v) is 4.21. The molecule has 4 heteroatoms. The zero-order chi connectivity index (χ0) is 12.4. The van der Waals surface area contributed by atoms with E-state index in [1.807, 2.05) is 13.2 Å². The standard InChI is InChI=1S/C14H22N4/c1-15-14-10-11(4-6-16-14)17-12-5-8-18-7-2-3-13(18)9-12/h4,6,10,12-13H,2-3,5,7-9H2,1H3,(H2,15,16,17). The van der Waals surface area contributed by atoms with E-state index in [1.54, 1.807) is 0 Å². The van der Waals surface area contributed by atoms with Crippen LogP contribution in [-0.2, 0) is 0 Å². The Hall–Kier alpha value is -1.29. The van der Waals surface area contributed by atoms with Gasteiger partial charge in [-0.25, -0.2) is 4.98 Å². The predicted molar refractivity (Wildman–Crippen MR) is 75.0 cm³/mol. The fraction of sp³-hybridized carbons (Fsp3) is 0.643. The van der Waals surface area contributed by atoms with E-state index in [0.29, 0.717) is 6.04 Å². The minimum absolute atomic E-state index is 0.622. The molecule has 0 bridgehead atoms. The molecule has 0 aromatic carbocycles. The van der Waals surface area contributed by atoms with Crippen LogP contribution >= 0.6 is 0 Å². The van der Waals surface area contributed by atoms with Gasteiger partial charge in [0.05, 0.1) is 0 Å². The SMILES string of the molecule is CNc1cc(NC2CCN3CCCC3C2)ccn1. The van der Waals surface area contributed by atoms with Crippen LogP contribution in [0.15, 0.2) is 18.3 Å². The molecule has 98 valence electrons. The lowest BCUT2D eigenvalue weighted by molar-refractivity contribution is 0.188. The Labute approximate surface area is 109 Å². The molecule has 0 amide bonds. The lowest BCUT2D eigenvalue weighted by Crippen LogP contribution is -2.42. The number of hydrogen-bond donors (Lipinski definition) is 2. The third kappa shape index (κ3) is 2.43. The van der Waals surface area contributed by atoms with Gasteiger partial charge in [0.15, 0.2) is 0 Å². The lowest BCUT2D eigenvalue weighted by Gasteiger charge is -2.35. The summed E-state index contributed by atoms with van der Waals surface area (Å²) in [6, 6.07) is 5.58. The number of hydrogen-bond acceptors (Lipinski definition) is 4. The monoisotopic (exact) mass is 246 g/mol. The lowest BCUT2D eigenvalue weighted by atomic mass is 9.97. The molecular formula is C14H22N4. The van der Waals surface area contributed by atoms with E-state index in [0.717, 1.165) is 11.9 Å². The molecule has 2 aliphatic heterocycles. The molecule has 18 heavy (non-hydrogen) atoms. The molecule has 0 spiro atoms. The van der Waals surface area contributed by atoms with Crippen molar-refractivity contribution in [2.24, 2.45) is 0 Å². The zero-order valence-electron chi connectivity index (χ0n) is 11.0. The highest BCUT2D eigenvalue weighted by Crippen LogP contribution is 2.28. The van der Waals surface area contributed by atoms with Gasteiger partial charge in [-0.3, -0.25) is 0 Å². The Kier molecular flexibility index (Phi) is 3.37. The first-order chi connectivity index (χ1) is 8.85. The fourth-order valence-corrected chi connectivity index (χ4v) is 3.25. The summed E-state index contributed by atoms with van der Waals surface area (Å²) in [6.07, 6.45) is 7.18. The van der Waals surface area contributed by atoms with Crippen LogP contribution in [0.4, 0.5) is 11.5 Å². The highest BCUT2D eigenvalue weighted by Gasteiger charge is 2.31. The maximum absolute atomic E-state index is 4.24. The van der Waals surface area contributed by atoms with Crippen LogP contribution in [0.25, 0.3) is 0 Å². The molecule has 3 heterocycles. The Morgan fingerprint density at radius 1 is 1.33 bits per heavy atom. The van der Waals surface area contributed by atoms with E-state index in [4.69, 9.17) is 0 Å². The van der Waals surface area contributed by atoms with E-state index >= 15 is 0 Å². The normalized spacial score (nSPS) is 27.8. The van der Waals surface area contributed by atoms with Crippen LogP contribution in [0, 0.1) is 0 Å². The highest BCUT2D eigenvalue weighted by atomic mass is 15.2. The molecule has 0 radical (unpaired) electrons. The molecule has 2 fully saturated rings. The van der Waals surface area contributed by atoms with Crippen molar-refractivity contribution >= 4 is 11.5 Å². The topological polar surface area (TPSA) is 40.2 Å². The highest BCUT2D eigenvalue weighted by molar-refractivity contribution is 5.52. The second-order valence-electron chi connectivity index (χ2n) is 5.38. The quantitative estimate of drug-likeness (QED) is 0.857. The van der Waals surface area contributed by atoms with E-state index in [9.17, 15) is 0 Å². The fourth-order valence-electron chi connectivity index (χ4n) is 3.25. The van der Waals surface area contributed by atoms with Crippen LogP contribution in [0.3, 0.4) is 0 Å². The number of aromatic nitrogens is 1. The minimum atomic E-state index is 0.622. The average molecular weight is 246 g/mol. The molecule has 2 saturated heterocycles. The molecule has 1 aromatic rings. The van der Waals surface area contributed by atoms with Crippen molar-refractivity contribution < 1.29 is 0 Å². The van der Waals surface area contributed by atoms with Gasteiger partial charge in [0, 0.05) is 43.6 Å². The molecule has 4 nitrogen and oxygen atoms in total. The number of piperidine rings is 1. The van der Waals surface area contributed by atoms with Crippen molar-refractivity contribution in [2.45, 2.75) is 37.8 Å². The first-order valence-corrected chi connectivity index (χ1v) is 6.99. The Morgan fingerprint density at radius 2 is 2.28 bits per heavy atom. The van der Waals surface area contributed by atoms with Gasteiger partial charge >= 0.3 is 0 Å². The zero-order valence-corrected chi connectivity index (χ0v) is 11.0. The number of pyridine rings is 1. The van der Waals surface area contributed by atoms with Gasteiger partial charge in [-0.15, -0.1) is 0 Å². The van der Waals surface area contributed by atoms with Crippen molar-refractivity contribution in [2.75, 3.05) is 30.8 Å². The third-order valence-electron chi connectivity index (χ3n) is 4.21. The number of nitrogens with zero attached hydrogens (tertiary/aromatic N) is 2. The summed E-state index contributed by atoms with van der Waals surface area (Å²) in [5.74, 6) is 0.929. The number of nitrogens with one attached hydrogen (secondary N) is 2. The van der Waals surface area contributed by atoms with Crippen LogP contribution in [0.5, 0.6) is 0 Å². The summed E-state index contributed by atoms with van der Waals surface area (Å²) in [5.41, 5.74) is 1.19. The van der Waals surface area contributed by atoms with Gasteiger partial charge in [-0.2, -0.15) is 0 Å². The Balaban J connectivity index is 1.62. The first kappa shape index (κ1) is 11.8. The summed E-state index contributed by atoms with van der Waals surface area (Å²) in [5, 5.41) is 6.74. The van der Waals surface area contributed by atoms with Gasteiger partial charge in [-0.1, -0.05) is 0 Å². The van der Waals surface area contributed by atoms with Crippen molar-refractivity contribution in [3.05, 3.63) is 18.3 Å². The van der Waals surface area contributed by atoms with Gasteiger partial charge in [-0.05, 0) is 38.3 Å².